The second kappa shape index (κ2) is 7.93. The molecule has 3 aromatic rings. The summed E-state index contributed by atoms with van der Waals surface area (Å²) in [7, 11) is -2.11. The molecule has 0 aromatic heterocycles. The predicted octanol–water partition coefficient (Wildman–Crippen LogP) is 5.28. The average Bonchev–Trinajstić information content (AvgIpc) is 2.63. The standard InChI is InChI=1S/C19H16IO4P/c1-22-17-13-8-14-18(19(17)20)25(21,23-15-9-4-2-5-10-15)24-16-11-6-3-7-12-16/h2-14H,1H3. The molecule has 0 N–H and O–H groups in total. The van der Waals surface area contributed by atoms with Gasteiger partial charge < -0.3 is 13.8 Å². The van der Waals surface area contributed by atoms with Crippen LogP contribution < -0.4 is 19.1 Å². The van der Waals surface area contributed by atoms with Crippen LogP contribution in [0.25, 0.3) is 0 Å². The molecular formula is C19H16IO4P. The van der Waals surface area contributed by atoms with Crippen molar-refractivity contribution in [3.63, 3.8) is 0 Å². The summed E-state index contributed by atoms with van der Waals surface area (Å²) in [5.41, 5.74) is 0. The third-order valence-electron chi connectivity index (χ3n) is 3.40. The van der Waals surface area contributed by atoms with Crippen molar-refractivity contribution < 1.29 is 18.3 Å². The Morgan fingerprint density at radius 2 is 1.28 bits per heavy atom. The van der Waals surface area contributed by atoms with Crippen LogP contribution in [0.2, 0.25) is 0 Å². The molecule has 3 aromatic carbocycles. The van der Waals surface area contributed by atoms with Crippen LogP contribution in [0, 0.1) is 3.57 Å². The molecule has 3 rings (SSSR count). The summed E-state index contributed by atoms with van der Waals surface area (Å²) in [6, 6.07) is 23.3. The highest BCUT2D eigenvalue weighted by molar-refractivity contribution is 14.1. The second-order valence-corrected chi connectivity index (χ2v) is 8.02. The van der Waals surface area contributed by atoms with Crippen LogP contribution in [-0.4, -0.2) is 7.11 Å². The molecular weight excluding hydrogens is 450 g/mol. The van der Waals surface area contributed by atoms with Crippen molar-refractivity contribution in [2.24, 2.45) is 0 Å². The first kappa shape index (κ1) is 17.8. The summed E-state index contributed by atoms with van der Waals surface area (Å²) in [5.74, 6) is 1.56. The van der Waals surface area contributed by atoms with Gasteiger partial charge in [0.15, 0.2) is 0 Å². The Bertz CT molecular complexity index is 839. The summed E-state index contributed by atoms with van der Waals surface area (Å²) in [5, 5.41) is 0.458. The first-order chi connectivity index (χ1) is 12.1. The van der Waals surface area contributed by atoms with E-state index in [1.54, 1.807) is 49.6 Å². The summed E-state index contributed by atoms with van der Waals surface area (Å²) in [6.45, 7) is 0. The SMILES string of the molecule is COc1cccc(P(=O)(Oc2ccccc2)Oc2ccccc2)c1I. The zero-order valence-electron chi connectivity index (χ0n) is 13.5. The van der Waals surface area contributed by atoms with Gasteiger partial charge in [-0.15, -0.1) is 0 Å². The largest absolute Gasteiger partial charge is 0.496 e. The molecule has 0 radical (unpaired) electrons. The molecule has 0 aliphatic heterocycles. The van der Waals surface area contributed by atoms with E-state index in [0.717, 1.165) is 0 Å². The van der Waals surface area contributed by atoms with E-state index in [1.165, 1.54) is 0 Å². The highest BCUT2D eigenvalue weighted by atomic mass is 127. The van der Waals surface area contributed by atoms with Crippen LogP contribution in [0.5, 0.6) is 17.2 Å². The van der Waals surface area contributed by atoms with Gasteiger partial charge in [-0.3, -0.25) is 0 Å². The summed E-state index contributed by atoms with van der Waals surface area (Å²) < 4.78 is 31.5. The van der Waals surface area contributed by atoms with E-state index in [-0.39, 0.29) is 0 Å². The van der Waals surface area contributed by atoms with Crippen LogP contribution in [0.3, 0.4) is 0 Å². The molecule has 0 unspecified atom stereocenters. The Kier molecular flexibility index (Phi) is 5.66. The lowest BCUT2D eigenvalue weighted by Crippen LogP contribution is -2.18. The van der Waals surface area contributed by atoms with Gasteiger partial charge in [-0.25, -0.2) is 4.57 Å². The van der Waals surface area contributed by atoms with Crippen LogP contribution in [-0.2, 0) is 4.57 Å². The van der Waals surface area contributed by atoms with E-state index in [2.05, 4.69) is 22.6 Å². The van der Waals surface area contributed by atoms with Crippen molar-refractivity contribution in [2.75, 3.05) is 7.11 Å². The van der Waals surface area contributed by atoms with Crippen molar-refractivity contribution in [1.82, 2.24) is 0 Å². The Morgan fingerprint density at radius 1 is 0.760 bits per heavy atom. The van der Waals surface area contributed by atoms with Gasteiger partial charge in [-0.05, 0) is 59.0 Å². The predicted molar refractivity (Wildman–Crippen MR) is 107 cm³/mol. The highest BCUT2D eigenvalue weighted by Crippen LogP contribution is 2.49. The molecule has 0 heterocycles. The van der Waals surface area contributed by atoms with Gasteiger partial charge in [0, 0.05) is 0 Å². The smallest absolute Gasteiger partial charge is 0.464 e. The van der Waals surface area contributed by atoms with Crippen LogP contribution >= 0.6 is 30.2 Å². The van der Waals surface area contributed by atoms with E-state index in [1.807, 2.05) is 36.4 Å². The maximum Gasteiger partial charge on any atom is 0.464 e. The molecule has 0 aliphatic rings. The molecule has 4 nitrogen and oxygen atoms in total. The molecule has 0 fully saturated rings. The number of benzene rings is 3. The molecule has 0 spiro atoms. The number of rotatable bonds is 6. The number of hydrogen-bond donors (Lipinski definition) is 0. The van der Waals surface area contributed by atoms with Gasteiger partial charge in [-0.2, -0.15) is 0 Å². The fourth-order valence-corrected chi connectivity index (χ4v) is 5.34. The summed E-state index contributed by atoms with van der Waals surface area (Å²) in [6.07, 6.45) is 0. The van der Waals surface area contributed by atoms with Gasteiger partial charge in [-0.1, -0.05) is 42.5 Å². The van der Waals surface area contributed by atoms with E-state index in [9.17, 15) is 4.57 Å². The van der Waals surface area contributed by atoms with Crippen molar-refractivity contribution in [3.8, 4) is 17.2 Å². The zero-order valence-corrected chi connectivity index (χ0v) is 16.5. The molecule has 0 bridgehead atoms. The van der Waals surface area contributed by atoms with Gasteiger partial charge in [0.25, 0.3) is 0 Å². The lowest BCUT2D eigenvalue weighted by Gasteiger charge is -2.21. The topological polar surface area (TPSA) is 44.8 Å². The minimum atomic E-state index is -3.68. The number of halogens is 1. The van der Waals surface area contributed by atoms with Gasteiger partial charge in [0.05, 0.1) is 10.7 Å². The van der Waals surface area contributed by atoms with Crippen molar-refractivity contribution >= 4 is 35.5 Å². The minimum absolute atomic E-state index is 0.458. The summed E-state index contributed by atoms with van der Waals surface area (Å²) >= 11 is 2.09. The monoisotopic (exact) mass is 466 g/mol. The van der Waals surface area contributed by atoms with Crippen molar-refractivity contribution in [2.45, 2.75) is 0 Å². The third-order valence-corrected chi connectivity index (χ3v) is 6.80. The second-order valence-electron chi connectivity index (χ2n) is 5.10. The zero-order chi connectivity index (χ0) is 17.7. The molecule has 25 heavy (non-hydrogen) atoms. The first-order valence-corrected chi connectivity index (χ1v) is 10.2. The van der Waals surface area contributed by atoms with Crippen LogP contribution in [0.15, 0.2) is 78.9 Å². The lowest BCUT2D eigenvalue weighted by atomic mass is 10.3. The fourth-order valence-electron chi connectivity index (χ4n) is 2.23. The number of hydrogen-bond acceptors (Lipinski definition) is 4. The molecule has 0 saturated carbocycles. The molecule has 0 atom stereocenters. The van der Waals surface area contributed by atoms with E-state index in [4.69, 9.17) is 13.8 Å². The maximum atomic E-state index is 13.7. The Hall–Kier alpha value is -1.98. The van der Waals surface area contributed by atoms with E-state index in [0.29, 0.717) is 26.1 Å². The van der Waals surface area contributed by atoms with Crippen molar-refractivity contribution in [1.29, 1.82) is 0 Å². The Balaban J connectivity index is 2.07. The van der Waals surface area contributed by atoms with Gasteiger partial charge in [0.1, 0.15) is 22.6 Å². The lowest BCUT2D eigenvalue weighted by molar-refractivity contribution is 0.396. The molecule has 0 aliphatic carbocycles. The van der Waals surface area contributed by atoms with Gasteiger partial charge >= 0.3 is 7.60 Å². The van der Waals surface area contributed by atoms with E-state index < -0.39 is 7.60 Å². The molecule has 0 amide bonds. The summed E-state index contributed by atoms with van der Waals surface area (Å²) in [4.78, 5) is 0. The normalized spacial score (nSPS) is 11.0. The number of methoxy groups -OCH3 is 1. The van der Waals surface area contributed by atoms with Crippen LogP contribution in [0.4, 0.5) is 0 Å². The Morgan fingerprint density at radius 3 is 1.76 bits per heavy atom. The van der Waals surface area contributed by atoms with Crippen LogP contribution in [0.1, 0.15) is 0 Å². The molecule has 0 saturated heterocycles. The van der Waals surface area contributed by atoms with E-state index >= 15 is 0 Å². The number of para-hydroxylation sites is 2. The average molecular weight is 466 g/mol. The van der Waals surface area contributed by atoms with Gasteiger partial charge in [0.2, 0.25) is 0 Å². The minimum Gasteiger partial charge on any atom is -0.496 e. The molecule has 6 heteroatoms. The fraction of sp³-hybridized carbons (Fsp3) is 0.0526. The van der Waals surface area contributed by atoms with Crippen molar-refractivity contribution in [3.05, 3.63) is 82.4 Å². The quantitative estimate of drug-likeness (QED) is 0.367. The number of ether oxygens (including phenoxy) is 1. The first-order valence-electron chi connectivity index (χ1n) is 7.55. The highest BCUT2D eigenvalue weighted by Gasteiger charge is 2.34. The maximum absolute atomic E-state index is 13.7. The Labute approximate surface area is 160 Å². The molecule has 128 valence electrons. The third kappa shape index (κ3) is 4.17.